The molecule has 0 aromatic heterocycles. The van der Waals surface area contributed by atoms with E-state index < -0.39 is 4.92 Å². The first-order valence-corrected chi connectivity index (χ1v) is 4.89. The van der Waals surface area contributed by atoms with Crippen LogP contribution in [-0.4, -0.2) is 16.6 Å². The third kappa shape index (κ3) is 1.92. The Morgan fingerprint density at radius 3 is 2.93 bits per heavy atom. The number of nitrogens with one attached hydrogen (secondary N) is 1. The van der Waals surface area contributed by atoms with Gasteiger partial charge in [-0.1, -0.05) is 0 Å². The van der Waals surface area contributed by atoms with E-state index in [4.69, 9.17) is 0 Å². The second-order valence-electron chi connectivity index (χ2n) is 3.65. The second kappa shape index (κ2) is 3.86. The van der Waals surface area contributed by atoms with Crippen LogP contribution in [0.4, 0.5) is 5.69 Å². The van der Waals surface area contributed by atoms with Crippen LogP contribution in [0.2, 0.25) is 0 Å². The van der Waals surface area contributed by atoms with E-state index in [1.807, 2.05) is 0 Å². The summed E-state index contributed by atoms with van der Waals surface area (Å²) >= 11 is 0. The van der Waals surface area contributed by atoms with Crippen LogP contribution in [0.3, 0.4) is 0 Å². The zero-order valence-electron chi connectivity index (χ0n) is 8.14. The SMILES string of the molecule is O=[N+]([O-])c1ccc(O)cc1[C@H]1CCCN1. The fourth-order valence-corrected chi connectivity index (χ4v) is 1.94. The van der Waals surface area contributed by atoms with Crippen molar-refractivity contribution in [3.05, 3.63) is 33.9 Å². The van der Waals surface area contributed by atoms with Gasteiger partial charge in [0.25, 0.3) is 5.69 Å². The summed E-state index contributed by atoms with van der Waals surface area (Å²) in [5.74, 6) is 0.0734. The predicted molar refractivity (Wildman–Crippen MR) is 54.7 cm³/mol. The first-order chi connectivity index (χ1) is 7.18. The summed E-state index contributed by atoms with van der Waals surface area (Å²) in [6.07, 6.45) is 1.89. The minimum Gasteiger partial charge on any atom is -0.508 e. The molecule has 1 atom stereocenters. The fraction of sp³-hybridized carbons (Fsp3) is 0.400. The molecule has 0 spiro atoms. The Balaban J connectivity index is 2.41. The second-order valence-corrected chi connectivity index (χ2v) is 3.65. The molecule has 2 N–H and O–H groups in total. The van der Waals surface area contributed by atoms with E-state index in [1.165, 1.54) is 18.2 Å². The van der Waals surface area contributed by atoms with Gasteiger partial charge in [-0.25, -0.2) is 0 Å². The Hall–Kier alpha value is -1.62. The molecule has 0 amide bonds. The lowest BCUT2D eigenvalue weighted by Gasteiger charge is -2.10. The van der Waals surface area contributed by atoms with Gasteiger partial charge in [-0.05, 0) is 31.5 Å². The molecular formula is C10H12N2O3. The minimum atomic E-state index is -0.408. The van der Waals surface area contributed by atoms with E-state index in [0.717, 1.165) is 19.4 Å². The van der Waals surface area contributed by atoms with Crippen molar-refractivity contribution in [3.63, 3.8) is 0 Å². The number of rotatable bonds is 2. The van der Waals surface area contributed by atoms with Crippen LogP contribution in [0.25, 0.3) is 0 Å². The van der Waals surface area contributed by atoms with Crippen LogP contribution in [0, 0.1) is 10.1 Å². The minimum absolute atomic E-state index is 0.00231. The van der Waals surface area contributed by atoms with Crippen LogP contribution in [0.1, 0.15) is 24.4 Å². The van der Waals surface area contributed by atoms with Crippen molar-refractivity contribution >= 4 is 5.69 Å². The third-order valence-corrected chi connectivity index (χ3v) is 2.64. The highest BCUT2D eigenvalue weighted by Crippen LogP contribution is 2.32. The maximum Gasteiger partial charge on any atom is 0.274 e. The molecule has 1 saturated heterocycles. The van der Waals surface area contributed by atoms with Crippen molar-refractivity contribution < 1.29 is 10.0 Å². The van der Waals surface area contributed by atoms with Gasteiger partial charge in [0, 0.05) is 12.1 Å². The molecule has 1 fully saturated rings. The molecule has 1 aliphatic heterocycles. The van der Waals surface area contributed by atoms with E-state index >= 15 is 0 Å². The molecule has 1 heterocycles. The molecule has 1 aliphatic rings. The predicted octanol–water partition coefficient (Wildman–Crippen LogP) is 1.72. The zero-order chi connectivity index (χ0) is 10.8. The molecule has 15 heavy (non-hydrogen) atoms. The summed E-state index contributed by atoms with van der Waals surface area (Å²) in [4.78, 5) is 10.4. The number of phenolic OH excluding ortho intramolecular Hbond substituents is 1. The molecule has 0 bridgehead atoms. The Morgan fingerprint density at radius 1 is 1.53 bits per heavy atom. The van der Waals surface area contributed by atoms with E-state index in [0.29, 0.717) is 5.56 Å². The molecule has 5 nitrogen and oxygen atoms in total. The van der Waals surface area contributed by atoms with Gasteiger partial charge in [-0.3, -0.25) is 10.1 Å². The van der Waals surface area contributed by atoms with Crippen LogP contribution in [-0.2, 0) is 0 Å². The van der Waals surface area contributed by atoms with Crippen molar-refractivity contribution in [3.8, 4) is 5.75 Å². The first-order valence-electron chi connectivity index (χ1n) is 4.89. The van der Waals surface area contributed by atoms with Crippen LogP contribution < -0.4 is 5.32 Å². The van der Waals surface area contributed by atoms with Gasteiger partial charge < -0.3 is 10.4 Å². The summed E-state index contributed by atoms with van der Waals surface area (Å²) in [5.41, 5.74) is 0.657. The van der Waals surface area contributed by atoms with E-state index in [-0.39, 0.29) is 17.5 Å². The van der Waals surface area contributed by atoms with Crippen LogP contribution in [0.5, 0.6) is 5.75 Å². The van der Waals surface area contributed by atoms with Gasteiger partial charge in [0.2, 0.25) is 0 Å². The third-order valence-electron chi connectivity index (χ3n) is 2.64. The molecule has 0 aliphatic carbocycles. The standard InChI is InChI=1S/C10H12N2O3/c13-7-3-4-10(12(14)15)8(6-7)9-2-1-5-11-9/h3-4,6,9,11,13H,1-2,5H2/t9-/m1/s1. The number of benzene rings is 1. The molecular weight excluding hydrogens is 196 g/mol. The number of nitrogens with zero attached hydrogens (tertiary/aromatic N) is 1. The molecule has 0 radical (unpaired) electrons. The highest BCUT2D eigenvalue weighted by atomic mass is 16.6. The summed E-state index contributed by atoms with van der Waals surface area (Å²) < 4.78 is 0. The quantitative estimate of drug-likeness (QED) is 0.573. The average Bonchev–Trinajstić information content (AvgIpc) is 2.69. The zero-order valence-corrected chi connectivity index (χ0v) is 8.14. The van der Waals surface area contributed by atoms with E-state index in [9.17, 15) is 15.2 Å². The molecule has 1 aromatic carbocycles. The normalized spacial score (nSPS) is 20.4. The van der Waals surface area contributed by atoms with Crippen molar-refractivity contribution in [2.45, 2.75) is 18.9 Å². The topological polar surface area (TPSA) is 75.4 Å². The van der Waals surface area contributed by atoms with Crippen molar-refractivity contribution in [2.75, 3.05) is 6.54 Å². The van der Waals surface area contributed by atoms with Gasteiger partial charge >= 0.3 is 0 Å². The summed E-state index contributed by atoms with van der Waals surface area (Å²) in [6.45, 7) is 0.872. The monoisotopic (exact) mass is 208 g/mol. The Kier molecular flexibility index (Phi) is 2.55. The highest BCUT2D eigenvalue weighted by Gasteiger charge is 2.24. The Labute approximate surface area is 86.9 Å². The number of hydrogen-bond donors (Lipinski definition) is 2. The van der Waals surface area contributed by atoms with Gasteiger partial charge in [0.05, 0.1) is 10.5 Å². The lowest BCUT2D eigenvalue weighted by molar-refractivity contribution is -0.385. The van der Waals surface area contributed by atoms with Gasteiger partial charge in [-0.2, -0.15) is 0 Å². The maximum absolute atomic E-state index is 10.8. The van der Waals surface area contributed by atoms with Gasteiger partial charge in [-0.15, -0.1) is 0 Å². The molecule has 80 valence electrons. The van der Waals surface area contributed by atoms with E-state index in [1.54, 1.807) is 0 Å². The molecule has 0 saturated carbocycles. The molecule has 0 unspecified atom stereocenters. The van der Waals surface area contributed by atoms with Crippen molar-refractivity contribution in [1.82, 2.24) is 5.32 Å². The summed E-state index contributed by atoms with van der Waals surface area (Å²) in [6, 6.07) is 4.17. The fourth-order valence-electron chi connectivity index (χ4n) is 1.94. The molecule has 5 heteroatoms. The highest BCUT2D eigenvalue weighted by molar-refractivity contribution is 5.46. The van der Waals surface area contributed by atoms with Crippen molar-refractivity contribution in [2.24, 2.45) is 0 Å². The maximum atomic E-state index is 10.8. The largest absolute Gasteiger partial charge is 0.508 e. The average molecular weight is 208 g/mol. The lowest BCUT2D eigenvalue weighted by atomic mass is 10.0. The number of phenols is 1. The molecule has 1 aromatic rings. The first kappa shape index (κ1) is 9.92. The molecule has 2 rings (SSSR count). The number of nitro benzene ring substituents is 1. The van der Waals surface area contributed by atoms with Crippen molar-refractivity contribution in [1.29, 1.82) is 0 Å². The van der Waals surface area contributed by atoms with E-state index in [2.05, 4.69) is 5.32 Å². The Bertz CT molecular complexity index is 386. The van der Waals surface area contributed by atoms with Crippen LogP contribution >= 0.6 is 0 Å². The number of nitro groups is 1. The lowest BCUT2D eigenvalue weighted by Crippen LogP contribution is -2.14. The summed E-state index contributed by atoms with van der Waals surface area (Å²) in [7, 11) is 0. The number of hydrogen-bond acceptors (Lipinski definition) is 4. The van der Waals surface area contributed by atoms with Gasteiger partial charge in [0.1, 0.15) is 5.75 Å². The van der Waals surface area contributed by atoms with Crippen LogP contribution in [0.15, 0.2) is 18.2 Å². The van der Waals surface area contributed by atoms with Gasteiger partial charge in [0.15, 0.2) is 0 Å². The number of aromatic hydroxyl groups is 1. The Morgan fingerprint density at radius 2 is 2.33 bits per heavy atom. The smallest absolute Gasteiger partial charge is 0.274 e. The summed E-state index contributed by atoms with van der Waals surface area (Å²) in [5, 5.41) is 23.3.